The fraction of sp³-hybridized carbons (Fsp3) is 0.538. The van der Waals surface area contributed by atoms with Gasteiger partial charge in [-0.05, 0) is 43.5 Å². The van der Waals surface area contributed by atoms with E-state index in [2.05, 4.69) is 10.2 Å². The fourth-order valence-corrected chi connectivity index (χ4v) is 3.04. The maximum atomic E-state index is 12.9. The number of hydrogen-bond acceptors (Lipinski definition) is 2. The highest BCUT2D eigenvalue weighted by atomic mass is 19.1. The van der Waals surface area contributed by atoms with Gasteiger partial charge in [0, 0.05) is 30.9 Å². The second-order valence-electron chi connectivity index (χ2n) is 4.73. The van der Waals surface area contributed by atoms with Crippen LogP contribution in [0.4, 0.5) is 10.1 Å². The summed E-state index contributed by atoms with van der Waals surface area (Å²) in [6, 6.07) is 8.16. The van der Waals surface area contributed by atoms with E-state index in [9.17, 15) is 4.39 Å². The van der Waals surface area contributed by atoms with Crippen molar-refractivity contribution < 1.29 is 4.39 Å². The molecule has 16 heavy (non-hydrogen) atoms. The molecular formula is C13H17FN2. The van der Waals surface area contributed by atoms with Crippen LogP contribution in [-0.2, 0) is 0 Å². The number of nitrogens with zero attached hydrogens (tertiary/aromatic N) is 1. The lowest BCUT2D eigenvalue weighted by Crippen LogP contribution is -2.55. The highest BCUT2D eigenvalue weighted by Gasteiger charge is 2.34. The molecule has 0 radical (unpaired) electrons. The molecule has 3 heteroatoms. The molecule has 1 aliphatic carbocycles. The van der Waals surface area contributed by atoms with Gasteiger partial charge in [-0.2, -0.15) is 0 Å². The van der Waals surface area contributed by atoms with E-state index < -0.39 is 0 Å². The van der Waals surface area contributed by atoms with E-state index in [1.807, 2.05) is 12.1 Å². The minimum absolute atomic E-state index is 0.151. The lowest BCUT2D eigenvalue weighted by Gasteiger charge is -2.40. The van der Waals surface area contributed by atoms with Gasteiger partial charge in [0.1, 0.15) is 5.82 Å². The van der Waals surface area contributed by atoms with Crippen molar-refractivity contribution in [2.24, 2.45) is 0 Å². The molecule has 1 aliphatic heterocycles. The molecule has 1 saturated heterocycles. The zero-order chi connectivity index (χ0) is 11.0. The number of rotatable bonds is 1. The topological polar surface area (TPSA) is 15.3 Å². The summed E-state index contributed by atoms with van der Waals surface area (Å²) in [5.41, 5.74) is 1.17. The van der Waals surface area contributed by atoms with E-state index in [0.29, 0.717) is 12.1 Å². The van der Waals surface area contributed by atoms with Gasteiger partial charge in [0.05, 0.1) is 0 Å². The number of hydrogen-bond donors (Lipinski definition) is 1. The Morgan fingerprint density at radius 2 is 2.00 bits per heavy atom. The Kier molecular flexibility index (Phi) is 2.56. The standard InChI is InChI=1S/C13H17FN2/c14-10-4-6-11(7-5-10)16-9-8-15-12-2-1-3-13(12)16/h4-7,12-13,15H,1-3,8-9H2/t12-,13-/m1/s1. The van der Waals surface area contributed by atoms with Crippen LogP contribution in [0.15, 0.2) is 24.3 Å². The molecule has 0 amide bonds. The van der Waals surface area contributed by atoms with Crippen LogP contribution in [-0.4, -0.2) is 25.2 Å². The number of benzene rings is 1. The number of fused-ring (bicyclic) bond motifs is 1. The van der Waals surface area contributed by atoms with Gasteiger partial charge in [-0.1, -0.05) is 0 Å². The maximum Gasteiger partial charge on any atom is 0.123 e. The van der Waals surface area contributed by atoms with Crippen molar-refractivity contribution in [3.05, 3.63) is 30.1 Å². The molecule has 2 aliphatic rings. The smallest absolute Gasteiger partial charge is 0.123 e. The Bertz CT molecular complexity index is 363. The van der Waals surface area contributed by atoms with Crippen LogP contribution in [0.3, 0.4) is 0 Å². The van der Waals surface area contributed by atoms with Crippen molar-refractivity contribution in [2.75, 3.05) is 18.0 Å². The Morgan fingerprint density at radius 3 is 2.81 bits per heavy atom. The summed E-state index contributed by atoms with van der Waals surface area (Å²) in [6.45, 7) is 2.07. The van der Waals surface area contributed by atoms with E-state index in [4.69, 9.17) is 0 Å². The molecule has 3 rings (SSSR count). The molecule has 86 valence electrons. The summed E-state index contributed by atoms with van der Waals surface area (Å²) < 4.78 is 12.9. The van der Waals surface area contributed by atoms with Crippen molar-refractivity contribution in [1.29, 1.82) is 0 Å². The first-order valence-electron chi connectivity index (χ1n) is 6.10. The number of nitrogens with one attached hydrogen (secondary N) is 1. The molecular weight excluding hydrogens is 203 g/mol. The SMILES string of the molecule is Fc1ccc(N2CCN[C@@H]3CCC[C@H]32)cc1. The molecule has 1 heterocycles. The molecule has 2 atom stereocenters. The minimum atomic E-state index is -0.151. The van der Waals surface area contributed by atoms with Crippen molar-refractivity contribution in [3.63, 3.8) is 0 Å². The Balaban J connectivity index is 1.85. The van der Waals surface area contributed by atoms with Crippen LogP contribution < -0.4 is 10.2 Å². The van der Waals surface area contributed by atoms with Crippen LogP contribution in [0, 0.1) is 5.82 Å². The van der Waals surface area contributed by atoms with Gasteiger partial charge in [0.15, 0.2) is 0 Å². The van der Waals surface area contributed by atoms with Gasteiger partial charge in [0.2, 0.25) is 0 Å². The van der Waals surface area contributed by atoms with Crippen LogP contribution in [0.5, 0.6) is 0 Å². The second-order valence-corrected chi connectivity index (χ2v) is 4.73. The van der Waals surface area contributed by atoms with Gasteiger partial charge >= 0.3 is 0 Å². The van der Waals surface area contributed by atoms with Crippen LogP contribution in [0.1, 0.15) is 19.3 Å². The fourth-order valence-electron chi connectivity index (χ4n) is 3.04. The number of anilines is 1. The molecule has 0 unspecified atom stereocenters. The normalized spacial score (nSPS) is 29.2. The van der Waals surface area contributed by atoms with Crippen molar-refractivity contribution in [2.45, 2.75) is 31.3 Å². The van der Waals surface area contributed by atoms with Gasteiger partial charge in [0.25, 0.3) is 0 Å². The molecule has 1 saturated carbocycles. The first-order valence-corrected chi connectivity index (χ1v) is 6.10. The average Bonchev–Trinajstić information content (AvgIpc) is 2.78. The molecule has 0 spiro atoms. The van der Waals surface area contributed by atoms with Crippen molar-refractivity contribution in [1.82, 2.24) is 5.32 Å². The maximum absolute atomic E-state index is 12.9. The largest absolute Gasteiger partial charge is 0.366 e. The monoisotopic (exact) mass is 220 g/mol. The van der Waals surface area contributed by atoms with E-state index in [1.54, 1.807) is 12.1 Å². The van der Waals surface area contributed by atoms with Gasteiger partial charge < -0.3 is 10.2 Å². The van der Waals surface area contributed by atoms with E-state index in [0.717, 1.165) is 13.1 Å². The van der Waals surface area contributed by atoms with Crippen LogP contribution >= 0.6 is 0 Å². The molecule has 0 bridgehead atoms. The van der Waals surface area contributed by atoms with E-state index >= 15 is 0 Å². The third-order valence-corrected chi connectivity index (χ3v) is 3.80. The Morgan fingerprint density at radius 1 is 1.19 bits per heavy atom. The van der Waals surface area contributed by atoms with Gasteiger partial charge in [-0.3, -0.25) is 0 Å². The van der Waals surface area contributed by atoms with Crippen LogP contribution in [0.25, 0.3) is 0 Å². The van der Waals surface area contributed by atoms with Crippen molar-refractivity contribution in [3.8, 4) is 0 Å². The van der Waals surface area contributed by atoms with Crippen molar-refractivity contribution >= 4 is 5.69 Å². The zero-order valence-electron chi connectivity index (χ0n) is 9.32. The van der Waals surface area contributed by atoms with Crippen LogP contribution in [0.2, 0.25) is 0 Å². The third-order valence-electron chi connectivity index (χ3n) is 3.80. The molecule has 2 fully saturated rings. The molecule has 0 aromatic heterocycles. The number of halogens is 1. The molecule has 1 N–H and O–H groups in total. The Labute approximate surface area is 95.4 Å². The molecule has 2 nitrogen and oxygen atoms in total. The lowest BCUT2D eigenvalue weighted by atomic mass is 10.1. The summed E-state index contributed by atoms with van der Waals surface area (Å²) in [6.07, 6.45) is 3.84. The summed E-state index contributed by atoms with van der Waals surface area (Å²) in [7, 11) is 0. The minimum Gasteiger partial charge on any atom is -0.366 e. The van der Waals surface area contributed by atoms with Gasteiger partial charge in [-0.25, -0.2) is 4.39 Å². The Hall–Kier alpha value is -1.09. The summed E-state index contributed by atoms with van der Waals surface area (Å²) in [4.78, 5) is 2.44. The zero-order valence-corrected chi connectivity index (χ0v) is 9.32. The van der Waals surface area contributed by atoms with E-state index in [-0.39, 0.29) is 5.82 Å². The molecule has 1 aromatic rings. The quantitative estimate of drug-likeness (QED) is 0.780. The second kappa shape index (κ2) is 4.06. The first kappa shape index (κ1) is 10.1. The van der Waals surface area contributed by atoms with E-state index in [1.165, 1.54) is 24.9 Å². The number of piperazine rings is 1. The summed E-state index contributed by atoms with van der Waals surface area (Å²) in [5, 5.41) is 3.58. The average molecular weight is 220 g/mol. The predicted octanol–water partition coefficient (Wildman–Crippen LogP) is 2.16. The predicted molar refractivity (Wildman–Crippen MR) is 63.2 cm³/mol. The highest BCUT2D eigenvalue weighted by Crippen LogP contribution is 2.30. The van der Waals surface area contributed by atoms with Gasteiger partial charge in [-0.15, -0.1) is 0 Å². The highest BCUT2D eigenvalue weighted by molar-refractivity contribution is 5.48. The first-order chi connectivity index (χ1) is 7.84. The summed E-state index contributed by atoms with van der Waals surface area (Å²) >= 11 is 0. The molecule has 1 aromatic carbocycles. The summed E-state index contributed by atoms with van der Waals surface area (Å²) in [5.74, 6) is -0.151. The lowest BCUT2D eigenvalue weighted by molar-refractivity contribution is 0.404. The third kappa shape index (κ3) is 1.69.